The van der Waals surface area contributed by atoms with Gasteiger partial charge in [0.1, 0.15) is 0 Å². The van der Waals surface area contributed by atoms with Gasteiger partial charge in [0.05, 0.1) is 6.61 Å². The van der Waals surface area contributed by atoms with Crippen LogP contribution >= 0.6 is 0 Å². The maximum atomic E-state index is 12.8. The van der Waals surface area contributed by atoms with Crippen molar-refractivity contribution in [3.8, 4) is 0 Å². The third kappa shape index (κ3) is 6.01. The van der Waals surface area contributed by atoms with Gasteiger partial charge in [-0.3, -0.25) is 4.79 Å². The summed E-state index contributed by atoms with van der Waals surface area (Å²) < 4.78 is 43.3. The van der Waals surface area contributed by atoms with Gasteiger partial charge < -0.3 is 19.4 Å². The molecule has 0 aromatic heterocycles. The Hall–Kier alpha value is -1.80. The number of alkyl halides is 3. The number of anilines is 2. The third-order valence-electron chi connectivity index (χ3n) is 3.47. The molecule has 0 spiro atoms. The maximum absolute atomic E-state index is 12.8. The molecular formula is C16H24F3N3O2. The zero-order valence-corrected chi connectivity index (χ0v) is 14.4. The Morgan fingerprint density at radius 3 is 2.25 bits per heavy atom. The Morgan fingerprint density at radius 2 is 1.71 bits per heavy atom. The van der Waals surface area contributed by atoms with Crippen LogP contribution in [0.1, 0.15) is 0 Å². The van der Waals surface area contributed by atoms with Crippen molar-refractivity contribution in [1.82, 2.24) is 4.90 Å². The molecule has 136 valence electrons. The number of nitrogens with zero attached hydrogens (tertiary/aromatic N) is 3. The molecule has 5 nitrogen and oxygen atoms in total. The second-order valence-corrected chi connectivity index (χ2v) is 5.69. The number of hydrogen-bond acceptors (Lipinski definition) is 4. The van der Waals surface area contributed by atoms with Gasteiger partial charge in [-0.05, 0) is 32.3 Å². The largest absolute Gasteiger partial charge is 0.471 e. The van der Waals surface area contributed by atoms with Crippen molar-refractivity contribution in [2.75, 3.05) is 64.3 Å². The SMILES string of the molecule is COCCN(C(=O)C(F)(F)F)c1cccc(N(C)CCN(C)C)c1. The number of halogens is 3. The van der Waals surface area contributed by atoms with Crippen molar-refractivity contribution in [3.05, 3.63) is 24.3 Å². The summed E-state index contributed by atoms with van der Waals surface area (Å²) in [5, 5.41) is 0. The van der Waals surface area contributed by atoms with Gasteiger partial charge in [0.15, 0.2) is 0 Å². The van der Waals surface area contributed by atoms with Crippen molar-refractivity contribution in [1.29, 1.82) is 0 Å². The smallest absolute Gasteiger partial charge is 0.383 e. The fourth-order valence-electron chi connectivity index (χ4n) is 2.06. The minimum absolute atomic E-state index is 0.0164. The minimum atomic E-state index is -4.93. The van der Waals surface area contributed by atoms with Crippen LogP contribution in [0.5, 0.6) is 0 Å². The van der Waals surface area contributed by atoms with E-state index in [2.05, 4.69) is 0 Å². The first kappa shape index (κ1) is 20.2. The van der Waals surface area contributed by atoms with E-state index in [1.807, 2.05) is 30.9 Å². The van der Waals surface area contributed by atoms with E-state index in [0.717, 1.165) is 12.2 Å². The molecule has 0 radical (unpaired) electrons. The number of amides is 1. The Bertz CT molecular complexity index is 536. The number of carbonyl (C=O) groups is 1. The molecule has 0 fully saturated rings. The van der Waals surface area contributed by atoms with E-state index in [1.165, 1.54) is 13.2 Å². The van der Waals surface area contributed by atoms with Crippen LogP contribution in [0.4, 0.5) is 24.5 Å². The maximum Gasteiger partial charge on any atom is 0.471 e. The van der Waals surface area contributed by atoms with Gasteiger partial charge in [0, 0.05) is 45.2 Å². The van der Waals surface area contributed by atoms with E-state index in [9.17, 15) is 18.0 Å². The van der Waals surface area contributed by atoms with Crippen LogP contribution in [0.3, 0.4) is 0 Å². The lowest BCUT2D eigenvalue weighted by Gasteiger charge is -2.26. The fraction of sp³-hybridized carbons (Fsp3) is 0.562. The van der Waals surface area contributed by atoms with Crippen molar-refractivity contribution in [2.45, 2.75) is 6.18 Å². The lowest BCUT2D eigenvalue weighted by atomic mass is 10.2. The molecule has 0 aliphatic carbocycles. The van der Waals surface area contributed by atoms with Crippen LogP contribution in [0.2, 0.25) is 0 Å². The molecule has 0 heterocycles. The van der Waals surface area contributed by atoms with Gasteiger partial charge in [-0.1, -0.05) is 6.07 Å². The van der Waals surface area contributed by atoms with Gasteiger partial charge in [-0.2, -0.15) is 13.2 Å². The van der Waals surface area contributed by atoms with Crippen molar-refractivity contribution < 1.29 is 22.7 Å². The topological polar surface area (TPSA) is 36.0 Å². The highest BCUT2D eigenvalue weighted by atomic mass is 19.4. The van der Waals surface area contributed by atoms with E-state index in [-0.39, 0.29) is 18.8 Å². The quantitative estimate of drug-likeness (QED) is 0.723. The summed E-state index contributed by atoms with van der Waals surface area (Å²) in [6, 6.07) is 6.50. The number of likely N-dealkylation sites (N-methyl/N-ethyl adjacent to an activating group) is 2. The minimum Gasteiger partial charge on any atom is -0.383 e. The predicted octanol–water partition coefficient (Wildman–Crippen LogP) is 2.23. The Balaban J connectivity index is 3.02. The highest BCUT2D eigenvalue weighted by Crippen LogP contribution is 2.26. The molecule has 1 aromatic rings. The Kier molecular flexibility index (Phi) is 7.50. The van der Waals surface area contributed by atoms with Gasteiger partial charge in [-0.15, -0.1) is 0 Å². The van der Waals surface area contributed by atoms with Crippen molar-refractivity contribution >= 4 is 17.3 Å². The first-order valence-corrected chi connectivity index (χ1v) is 7.50. The van der Waals surface area contributed by atoms with Crippen molar-refractivity contribution in [3.63, 3.8) is 0 Å². The van der Waals surface area contributed by atoms with E-state index >= 15 is 0 Å². The molecule has 0 unspecified atom stereocenters. The lowest BCUT2D eigenvalue weighted by molar-refractivity contribution is -0.170. The summed E-state index contributed by atoms with van der Waals surface area (Å²) in [5.41, 5.74) is 0.940. The number of ether oxygens (including phenoxy) is 1. The summed E-state index contributed by atoms with van der Waals surface area (Å²) >= 11 is 0. The molecule has 0 saturated carbocycles. The predicted molar refractivity (Wildman–Crippen MR) is 88.6 cm³/mol. The highest BCUT2D eigenvalue weighted by Gasteiger charge is 2.43. The molecule has 8 heteroatoms. The van der Waals surface area contributed by atoms with E-state index in [1.54, 1.807) is 18.2 Å². The summed E-state index contributed by atoms with van der Waals surface area (Å²) in [7, 11) is 7.12. The third-order valence-corrected chi connectivity index (χ3v) is 3.47. The molecule has 0 N–H and O–H groups in total. The van der Waals surface area contributed by atoms with Crippen LogP contribution in [-0.2, 0) is 9.53 Å². The van der Waals surface area contributed by atoms with Gasteiger partial charge in [0.25, 0.3) is 0 Å². The first-order chi connectivity index (χ1) is 11.2. The molecule has 24 heavy (non-hydrogen) atoms. The lowest BCUT2D eigenvalue weighted by Crippen LogP contribution is -2.43. The van der Waals surface area contributed by atoms with Gasteiger partial charge in [-0.25, -0.2) is 0 Å². The van der Waals surface area contributed by atoms with Crippen LogP contribution in [-0.4, -0.2) is 71.5 Å². The molecule has 0 aliphatic heterocycles. The van der Waals surface area contributed by atoms with Crippen molar-refractivity contribution in [2.24, 2.45) is 0 Å². The summed E-state index contributed by atoms with van der Waals surface area (Å²) in [4.78, 5) is 16.3. The number of benzene rings is 1. The fourth-order valence-corrected chi connectivity index (χ4v) is 2.06. The van der Waals surface area contributed by atoms with Crippen LogP contribution < -0.4 is 9.80 Å². The average molecular weight is 347 g/mol. The summed E-state index contributed by atoms with van der Waals surface area (Å²) in [5.74, 6) is -1.90. The molecule has 1 rings (SSSR count). The normalized spacial score (nSPS) is 11.7. The Morgan fingerprint density at radius 1 is 1.08 bits per heavy atom. The first-order valence-electron chi connectivity index (χ1n) is 7.50. The summed E-state index contributed by atoms with van der Waals surface area (Å²) in [6.45, 7) is 1.36. The zero-order valence-electron chi connectivity index (χ0n) is 14.4. The number of hydrogen-bond donors (Lipinski definition) is 0. The summed E-state index contributed by atoms with van der Waals surface area (Å²) in [6.07, 6.45) is -4.93. The number of rotatable bonds is 8. The second kappa shape index (κ2) is 8.89. The van der Waals surface area contributed by atoms with E-state index in [4.69, 9.17) is 4.74 Å². The van der Waals surface area contributed by atoms with E-state index < -0.39 is 12.1 Å². The van der Waals surface area contributed by atoms with Crippen LogP contribution in [0.25, 0.3) is 0 Å². The van der Waals surface area contributed by atoms with Crippen LogP contribution in [0, 0.1) is 0 Å². The standard InChI is InChI=1S/C16H24F3N3O2/c1-20(2)8-9-21(3)13-6-5-7-14(12-13)22(10-11-24-4)15(23)16(17,18)19/h5-7,12H,8-11H2,1-4H3. The molecular weight excluding hydrogens is 323 g/mol. The molecule has 0 saturated heterocycles. The number of carbonyl (C=O) groups excluding carboxylic acids is 1. The molecule has 0 aliphatic rings. The van der Waals surface area contributed by atoms with Gasteiger partial charge in [0.2, 0.25) is 0 Å². The molecule has 0 atom stereocenters. The highest BCUT2D eigenvalue weighted by molar-refractivity contribution is 5.97. The average Bonchev–Trinajstić information content (AvgIpc) is 2.52. The Labute approximate surface area is 140 Å². The van der Waals surface area contributed by atoms with Gasteiger partial charge >= 0.3 is 12.1 Å². The molecule has 0 bridgehead atoms. The monoisotopic (exact) mass is 347 g/mol. The molecule has 1 aromatic carbocycles. The second-order valence-electron chi connectivity index (χ2n) is 5.69. The van der Waals surface area contributed by atoms with E-state index in [0.29, 0.717) is 11.4 Å². The zero-order chi connectivity index (χ0) is 18.3. The van der Waals surface area contributed by atoms with Crippen LogP contribution in [0.15, 0.2) is 24.3 Å². The molecule has 1 amide bonds. The number of methoxy groups -OCH3 is 1.